The molecule has 1 N–H and O–H groups in total. The quantitative estimate of drug-likeness (QED) is 0.936. The summed E-state index contributed by atoms with van der Waals surface area (Å²) < 4.78 is 29.8. The molecular weight excluding hydrogens is 277 g/mol. The van der Waals surface area contributed by atoms with Gasteiger partial charge in [-0.3, -0.25) is 0 Å². The number of fused-ring (bicyclic) bond motifs is 1. The molecule has 0 fully saturated rings. The normalized spacial score (nSPS) is 12.4. The molecule has 1 aromatic heterocycles. The molecule has 0 amide bonds. The molecule has 0 saturated heterocycles. The van der Waals surface area contributed by atoms with E-state index in [1.54, 1.807) is 26.1 Å². The van der Waals surface area contributed by atoms with Gasteiger partial charge >= 0.3 is 0 Å². The number of ether oxygens (including phenoxy) is 3. The second-order valence-corrected chi connectivity index (χ2v) is 4.46. The Morgan fingerprint density at radius 1 is 1.29 bits per heavy atom. The summed E-state index contributed by atoms with van der Waals surface area (Å²) in [5.74, 6) is 1.70. The van der Waals surface area contributed by atoms with Crippen LogP contribution in [0, 0.1) is 12.7 Å². The molecule has 7 heteroatoms. The molecule has 2 aromatic rings. The minimum atomic E-state index is -0.464. The highest BCUT2D eigenvalue weighted by Gasteiger charge is 2.22. The van der Waals surface area contributed by atoms with Crippen LogP contribution in [0.25, 0.3) is 11.4 Å². The molecule has 0 spiro atoms. The van der Waals surface area contributed by atoms with Gasteiger partial charge in [-0.2, -0.15) is 0 Å². The topological polar surface area (TPSA) is 65.5 Å². The summed E-state index contributed by atoms with van der Waals surface area (Å²) in [6, 6.07) is 3.48. The van der Waals surface area contributed by atoms with Gasteiger partial charge in [0.1, 0.15) is 0 Å². The standard InChI is InChI=1S/C14H14FN3O3/c1-7-11(15)14(16-2)18-13(17-7)8-4-9(19-3)12-10(5-8)20-6-21-12/h4-5H,6H2,1-3H3,(H,16,17,18). The summed E-state index contributed by atoms with van der Waals surface area (Å²) in [5, 5.41) is 2.71. The predicted octanol–water partition coefficient (Wildman–Crippen LogP) is 2.37. The van der Waals surface area contributed by atoms with Crippen LogP contribution in [0.2, 0.25) is 0 Å². The third kappa shape index (κ3) is 2.20. The van der Waals surface area contributed by atoms with E-state index in [1.807, 2.05) is 0 Å². The molecule has 2 heterocycles. The minimum absolute atomic E-state index is 0.139. The minimum Gasteiger partial charge on any atom is -0.493 e. The van der Waals surface area contributed by atoms with Crippen LogP contribution in [0.5, 0.6) is 17.2 Å². The summed E-state index contributed by atoms with van der Waals surface area (Å²) >= 11 is 0. The molecule has 0 bridgehead atoms. The molecule has 0 radical (unpaired) electrons. The maximum Gasteiger partial charge on any atom is 0.231 e. The van der Waals surface area contributed by atoms with Crippen molar-refractivity contribution in [3.05, 3.63) is 23.6 Å². The Kier molecular flexibility index (Phi) is 3.25. The fraction of sp³-hybridized carbons (Fsp3) is 0.286. The van der Waals surface area contributed by atoms with Crippen molar-refractivity contribution < 1.29 is 18.6 Å². The zero-order chi connectivity index (χ0) is 15.0. The number of anilines is 1. The van der Waals surface area contributed by atoms with Crippen LogP contribution in [0.3, 0.4) is 0 Å². The molecule has 1 aliphatic rings. The number of aryl methyl sites for hydroxylation is 1. The maximum absolute atomic E-state index is 13.8. The number of rotatable bonds is 3. The number of nitrogens with zero attached hydrogens (tertiary/aromatic N) is 2. The van der Waals surface area contributed by atoms with Gasteiger partial charge in [0.25, 0.3) is 0 Å². The number of nitrogens with one attached hydrogen (secondary N) is 1. The van der Waals surface area contributed by atoms with Crippen molar-refractivity contribution in [1.82, 2.24) is 9.97 Å². The van der Waals surface area contributed by atoms with Gasteiger partial charge in [0.15, 0.2) is 29.0 Å². The van der Waals surface area contributed by atoms with Crippen molar-refractivity contribution in [3.8, 4) is 28.6 Å². The monoisotopic (exact) mass is 291 g/mol. The summed E-state index contributed by atoms with van der Waals surface area (Å²) in [6.07, 6.45) is 0. The van der Waals surface area contributed by atoms with E-state index >= 15 is 0 Å². The zero-order valence-corrected chi connectivity index (χ0v) is 11.9. The fourth-order valence-corrected chi connectivity index (χ4v) is 2.11. The lowest BCUT2D eigenvalue weighted by atomic mass is 10.1. The molecule has 1 aliphatic heterocycles. The molecular formula is C14H14FN3O3. The average molecular weight is 291 g/mol. The van der Waals surface area contributed by atoms with Gasteiger partial charge in [-0.15, -0.1) is 0 Å². The number of halogens is 1. The largest absolute Gasteiger partial charge is 0.493 e. The van der Waals surface area contributed by atoms with E-state index in [4.69, 9.17) is 14.2 Å². The first-order valence-electron chi connectivity index (χ1n) is 6.34. The van der Waals surface area contributed by atoms with Crippen molar-refractivity contribution in [3.63, 3.8) is 0 Å². The van der Waals surface area contributed by atoms with E-state index in [0.717, 1.165) is 0 Å². The SMILES string of the molecule is CNc1nc(-c2cc(OC)c3c(c2)OCO3)nc(C)c1F. The molecule has 21 heavy (non-hydrogen) atoms. The van der Waals surface area contributed by atoms with Crippen LogP contribution < -0.4 is 19.5 Å². The third-order valence-electron chi connectivity index (χ3n) is 3.17. The zero-order valence-electron chi connectivity index (χ0n) is 11.9. The lowest BCUT2D eigenvalue weighted by Gasteiger charge is -2.10. The van der Waals surface area contributed by atoms with E-state index in [-0.39, 0.29) is 18.3 Å². The van der Waals surface area contributed by atoms with Gasteiger partial charge in [-0.25, -0.2) is 14.4 Å². The van der Waals surface area contributed by atoms with Crippen LogP contribution in [0.1, 0.15) is 5.69 Å². The van der Waals surface area contributed by atoms with Gasteiger partial charge in [0, 0.05) is 12.6 Å². The Morgan fingerprint density at radius 2 is 2.10 bits per heavy atom. The van der Waals surface area contributed by atoms with Crippen LogP contribution in [-0.2, 0) is 0 Å². The Balaban J connectivity index is 2.15. The van der Waals surface area contributed by atoms with Crippen LogP contribution in [-0.4, -0.2) is 30.9 Å². The molecule has 0 unspecified atom stereocenters. The van der Waals surface area contributed by atoms with E-state index < -0.39 is 5.82 Å². The van der Waals surface area contributed by atoms with Crippen molar-refractivity contribution in [1.29, 1.82) is 0 Å². The summed E-state index contributed by atoms with van der Waals surface area (Å²) in [6.45, 7) is 1.73. The Bertz CT molecular complexity index is 706. The van der Waals surface area contributed by atoms with Crippen molar-refractivity contribution in [2.24, 2.45) is 0 Å². The van der Waals surface area contributed by atoms with Crippen molar-refractivity contribution in [2.45, 2.75) is 6.92 Å². The van der Waals surface area contributed by atoms with Crippen LogP contribution >= 0.6 is 0 Å². The summed E-state index contributed by atoms with van der Waals surface area (Å²) in [7, 11) is 3.14. The number of hydrogen-bond acceptors (Lipinski definition) is 6. The van der Waals surface area contributed by atoms with E-state index in [1.165, 1.54) is 7.11 Å². The average Bonchev–Trinajstić information content (AvgIpc) is 2.97. The second-order valence-electron chi connectivity index (χ2n) is 4.46. The smallest absolute Gasteiger partial charge is 0.231 e. The maximum atomic E-state index is 13.8. The molecule has 110 valence electrons. The first-order chi connectivity index (χ1) is 10.1. The highest BCUT2D eigenvalue weighted by atomic mass is 19.1. The Morgan fingerprint density at radius 3 is 2.81 bits per heavy atom. The second kappa shape index (κ2) is 5.08. The Hall–Kier alpha value is -2.57. The van der Waals surface area contributed by atoms with E-state index in [0.29, 0.717) is 28.6 Å². The number of hydrogen-bond donors (Lipinski definition) is 1. The lowest BCUT2D eigenvalue weighted by Crippen LogP contribution is -2.03. The lowest BCUT2D eigenvalue weighted by molar-refractivity contribution is 0.171. The molecule has 0 aliphatic carbocycles. The molecule has 3 rings (SSSR count). The van der Waals surface area contributed by atoms with Gasteiger partial charge in [-0.05, 0) is 19.1 Å². The summed E-state index contributed by atoms with van der Waals surface area (Å²) in [4.78, 5) is 8.35. The predicted molar refractivity (Wildman–Crippen MR) is 74.4 cm³/mol. The van der Waals surface area contributed by atoms with E-state index in [9.17, 15) is 4.39 Å². The van der Waals surface area contributed by atoms with Crippen molar-refractivity contribution >= 4 is 5.82 Å². The highest BCUT2D eigenvalue weighted by Crippen LogP contribution is 2.43. The van der Waals surface area contributed by atoms with Crippen molar-refractivity contribution in [2.75, 3.05) is 26.3 Å². The van der Waals surface area contributed by atoms with Gasteiger partial charge in [0.05, 0.1) is 12.8 Å². The highest BCUT2D eigenvalue weighted by molar-refractivity contribution is 5.68. The Labute approximate surface area is 120 Å². The first kappa shape index (κ1) is 13.4. The molecule has 6 nitrogen and oxygen atoms in total. The van der Waals surface area contributed by atoms with Gasteiger partial charge in [-0.1, -0.05) is 0 Å². The molecule has 0 atom stereocenters. The third-order valence-corrected chi connectivity index (χ3v) is 3.17. The van der Waals surface area contributed by atoms with Crippen LogP contribution in [0.15, 0.2) is 12.1 Å². The number of aromatic nitrogens is 2. The van der Waals surface area contributed by atoms with Crippen LogP contribution in [0.4, 0.5) is 10.2 Å². The van der Waals surface area contributed by atoms with Gasteiger partial charge in [0.2, 0.25) is 12.5 Å². The first-order valence-corrected chi connectivity index (χ1v) is 6.34. The van der Waals surface area contributed by atoms with E-state index in [2.05, 4.69) is 15.3 Å². The fourth-order valence-electron chi connectivity index (χ4n) is 2.11. The summed E-state index contributed by atoms with van der Waals surface area (Å²) in [5.41, 5.74) is 0.927. The molecule has 0 saturated carbocycles. The number of methoxy groups -OCH3 is 1. The molecule has 1 aromatic carbocycles. The number of benzene rings is 1. The van der Waals surface area contributed by atoms with Gasteiger partial charge < -0.3 is 19.5 Å².